The summed E-state index contributed by atoms with van der Waals surface area (Å²) in [5, 5.41) is 14.0. The van der Waals surface area contributed by atoms with Crippen molar-refractivity contribution in [1.29, 1.82) is 0 Å². The van der Waals surface area contributed by atoms with Crippen LogP contribution < -0.4 is 10.1 Å². The Balaban J connectivity index is 2.23. The van der Waals surface area contributed by atoms with E-state index in [0.717, 1.165) is 25.7 Å². The van der Waals surface area contributed by atoms with E-state index < -0.39 is 4.92 Å². The van der Waals surface area contributed by atoms with Crippen molar-refractivity contribution in [2.75, 3.05) is 11.9 Å². The van der Waals surface area contributed by atoms with Crippen molar-refractivity contribution in [1.82, 2.24) is 9.97 Å². The van der Waals surface area contributed by atoms with Gasteiger partial charge in [0.15, 0.2) is 0 Å². The van der Waals surface area contributed by atoms with Crippen molar-refractivity contribution in [3.63, 3.8) is 0 Å². The van der Waals surface area contributed by atoms with Crippen LogP contribution in [0.25, 0.3) is 0 Å². The van der Waals surface area contributed by atoms with Gasteiger partial charge in [-0.15, -0.1) is 0 Å². The van der Waals surface area contributed by atoms with Gasteiger partial charge >= 0.3 is 5.69 Å². The highest BCUT2D eigenvalue weighted by atomic mass is 16.6. The van der Waals surface area contributed by atoms with Crippen LogP contribution in [-0.2, 0) is 0 Å². The van der Waals surface area contributed by atoms with Gasteiger partial charge in [0.05, 0.1) is 4.92 Å². The van der Waals surface area contributed by atoms with Gasteiger partial charge in [0.25, 0.3) is 5.88 Å². The number of nitrogens with zero attached hydrogens (tertiary/aromatic N) is 3. The number of hydrogen-bond donors (Lipinski definition) is 1. The highest BCUT2D eigenvalue weighted by Crippen LogP contribution is 2.34. The van der Waals surface area contributed by atoms with E-state index in [4.69, 9.17) is 4.74 Å². The smallest absolute Gasteiger partial charge is 0.372 e. The first-order valence-corrected chi connectivity index (χ1v) is 6.12. The van der Waals surface area contributed by atoms with E-state index in [1.54, 1.807) is 0 Å². The summed E-state index contributed by atoms with van der Waals surface area (Å²) in [5.74, 6) is 0.296. The van der Waals surface area contributed by atoms with Crippen LogP contribution in [0.1, 0.15) is 32.6 Å². The molecule has 1 aliphatic carbocycles. The maximum atomic E-state index is 11.1. The maximum absolute atomic E-state index is 11.1. The third kappa shape index (κ3) is 2.66. The standard InChI is InChI=1S/C11H16N4O3/c1-2-6-12-10-9(15(16)17)11(14-7-13-10)18-8-4-3-5-8/h7-8H,2-6H2,1H3,(H,12,13,14). The number of nitro groups is 1. The summed E-state index contributed by atoms with van der Waals surface area (Å²) in [7, 11) is 0. The molecule has 0 aliphatic heterocycles. The van der Waals surface area contributed by atoms with Gasteiger partial charge in [-0.2, -0.15) is 4.98 Å². The van der Waals surface area contributed by atoms with Gasteiger partial charge in [0.1, 0.15) is 12.4 Å². The monoisotopic (exact) mass is 252 g/mol. The summed E-state index contributed by atoms with van der Waals surface area (Å²) < 4.78 is 5.53. The molecular weight excluding hydrogens is 236 g/mol. The second-order valence-electron chi connectivity index (χ2n) is 4.23. The second-order valence-corrected chi connectivity index (χ2v) is 4.23. The van der Waals surface area contributed by atoms with Crippen molar-refractivity contribution in [3.05, 3.63) is 16.4 Å². The molecular formula is C11H16N4O3. The summed E-state index contributed by atoms with van der Waals surface area (Å²) in [6, 6.07) is 0. The molecule has 1 saturated carbocycles. The third-order valence-electron chi connectivity index (χ3n) is 2.84. The first-order chi connectivity index (χ1) is 8.72. The summed E-state index contributed by atoms with van der Waals surface area (Å²) in [6.45, 7) is 2.60. The van der Waals surface area contributed by atoms with Crippen LogP contribution in [0.15, 0.2) is 6.33 Å². The van der Waals surface area contributed by atoms with Crippen molar-refractivity contribution >= 4 is 11.5 Å². The molecule has 98 valence electrons. The van der Waals surface area contributed by atoms with Crippen LogP contribution in [0.4, 0.5) is 11.5 Å². The molecule has 1 fully saturated rings. The average Bonchev–Trinajstić information content (AvgIpc) is 2.30. The SMILES string of the molecule is CCCNc1ncnc(OC2CCC2)c1[N+](=O)[O-]. The van der Waals surface area contributed by atoms with E-state index in [-0.39, 0.29) is 23.5 Å². The minimum atomic E-state index is -0.494. The molecule has 1 heterocycles. The Morgan fingerprint density at radius 2 is 2.33 bits per heavy atom. The minimum Gasteiger partial charge on any atom is -0.469 e. The lowest BCUT2D eigenvalue weighted by molar-refractivity contribution is -0.385. The molecule has 0 amide bonds. The van der Waals surface area contributed by atoms with E-state index in [2.05, 4.69) is 15.3 Å². The van der Waals surface area contributed by atoms with E-state index in [1.807, 2.05) is 6.92 Å². The van der Waals surface area contributed by atoms with E-state index >= 15 is 0 Å². The van der Waals surface area contributed by atoms with Gasteiger partial charge in [-0.1, -0.05) is 6.92 Å². The molecule has 0 bridgehead atoms. The fraction of sp³-hybridized carbons (Fsp3) is 0.636. The predicted octanol–water partition coefficient (Wildman–Crippen LogP) is 2.14. The lowest BCUT2D eigenvalue weighted by Gasteiger charge is -2.25. The van der Waals surface area contributed by atoms with Crippen LogP contribution >= 0.6 is 0 Å². The molecule has 2 rings (SSSR count). The van der Waals surface area contributed by atoms with Gasteiger partial charge in [-0.3, -0.25) is 10.1 Å². The van der Waals surface area contributed by atoms with E-state index in [9.17, 15) is 10.1 Å². The molecule has 0 radical (unpaired) electrons. The molecule has 0 atom stereocenters. The van der Waals surface area contributed by atoms with Crippen molar-refractivity contribution in [2.45, 2.75) is 38.7 Å². The molecule has 0 aromatic carbocycles. The molecule has 0 spiro atoms. The Labute approximate surface area is 105 Å². The fourth-order valence-corrected chi connectivity index (χ4v) is 1.63. The molecule has 1 N–H and O–H groups in total. The minimum absolute atomic E-state index is 0.0534. The highest BCUT2D eigenvalue weighted by molar-refractivity contribution is 5.61. The maximum Gasteiger partial charge on any atom is 0.372 e. The van der Waals surface area contributed by atoms with Gasteiger partial charge in [0, 0.05) is 6.54 Å². The molecule has 1 aromatic rings. The summed E-state index contributed by atoms with van der Waals surface area (Å²) in [4.78, 5) is 18.4. The summed E-state index contributed by atoms with van der Waals surface area (Å²) >= 11 is 0. The Bertz CT molecular complexity index is 434. The average molecular weight is 252 g/mol. The number of ether oxygens (including phenoxy) is 1. The predicted molar refractivity (Wildman–Crippen MR) is 65.7 cm³/mol. The summed E-state index contributed by atoms with van der Waals surface area (Å²) in [5.41, 5.74) is -0.169. The topological polar surface area (TPSA) is 90.2 Å². The van der Waals surface area contributed by atoms with Crippen molar-refractivity contribution in [3.8, 4) is 5.88 Å². The van der Waals surface area contributed by atoms with E-state index in [1.165, 1.54) is 6.33 Å². The molecule has 1 aromatic heterocycles. The van der Waals surface area contributed by atoms with Crippen LogP contribution in [0.3, 0.4) is 0 Å². The third-order valence-corrected chi connectivity index (χ3v) is 2.84. The fourth-order valence-electron chi connectivity index (χ4n) is 1.63. The molecule has 0 saturated heterocycles. The zero-order valence-electron chi connectivity index (χ0n) is 10.3. The van der Waals surface area contributed by atoms with E-state index in [0.29, 0.717) is 6.54 Å². The van der Waals surface area contributed by atoms with Gasteiger partial charge in [-0.05, 0) is 25.7 Å². The van der Waals surface area contributed by atoms with Crippen LogP contribution in [0.2, 0.25) is 0 Å². The Morgan fingerprint density at radius 1 is 1.56 bits per heavy atom. The van der Waals surface area contributed by atoms with Gasteiger partial charge in [-0.25, -0.2) is 4.98 Å². The highest BCUT2D eigenvalue weighted by Gasteiger charge is 2.28. The first-order valence-electron chi connectivity index (χ1n) is 6.12. The Hall–Kier alpha value is -1.92. The van der Waals surface area contributed by atoms with Crippen LogP contribution in [0.5, 0.6) is 5.88 Å². The lowest BCUT2D eigenvalue weighted by Crippen LogP contribution is -2.25. The van der Waals surface area contributed by atoms with Gasteiger partial charge in [0.2, 0.25) is 5.82 Å². The molecule has 7 nitrogen and oxygen atoms in total. The van der Waals surface area contributed by atoms with Crippen LogP contribution in [-0.4, -0.2) is 27.5 Å². The Kier molecular flexibility index (Phi) is 3.91. The number of rotatable bonds is 6. The molecule has 7 heteroatoms. The quantitative estimate of drug-likeness (QED) is 0.616. The summed E-state index contributed by atoms with van der Waals surface area (Å²) in [6.07, 6.45) is 5.17. The van der Waals surface area contributed by atoms with Crippen LogP contribution in [0, 0.1) is 10.1 Å². The van der Waals surface area contributed by atoms with Crippen molar-refractivity contribution in [2.24, 2.45) is 0 Å². The van der Waals surface area contributed by atoms with Gasteiger partial charge < -0.3 is 10.1 Å². The normalized spacial score (nSPS) is 14.9. The first kappa shape index (κ1) is 12.5. The number of nitrogens with one attached hydrogen (secondary N) is 1. The molecule has 0 unspecified atom stereocenters. The molecule has 1 aliphatic rings. The number of anilines is 1. The zero-order chi connectivity index (χ0) is 13.0. The number of hydrogen-bond acceptors (Lipinski definition) is 6. The van der Waals surface area contributed by atoms with Crippen molar-refractivity contribution < 1.29 is 9.66 Å². The second kappa shape index (κ2) is 5.61. The Morgan fingerprint density at radius 3 is 2.89 bits per heavy atom. The zero-order valence-corrected chi connectivity index (χ0v) is 10.3. The molecule has 18 heavy (non-hydrogen) atoms. The number of aromatic nitrogens is 2. The largest absolute Gasteiger partial charge is 0.469 e. The lowest BCUT2D eigenvalue weighted by atomic mass is 9.96.